The third-order valence-corrected chi connectivity index (χ3v) is 10.1. The van der Waals surface area contributed by atoms with Gasteiger partial charge in [-0.3, -0.25) is 4.79 Å². The zero-order chi connectivity index (χ0) is 30.0. The Bertz CT molecular complexity index is 1760. The first-order valence-electron chi connectivity index (χ1n) is 15.3. The molecule has 1 fully saturated rings. The zero-order valence-corrected chi connectivity index (χ0v) is 26.0. The molecule has 0 radical (unpaired) electrons. The van der Waals surface area contributed by atoms with Crippen LogP contribution < -0.4 is 19.3 Å². The molecule has 1 saturated heterocycles. The van der Waals surface area contributed by atoms with Crippen molar-refractivity contribution in [2.24, 2.45) is 0 Å². The highest BCUT2D eigenvalue weighted by Gasteiger charge is 2.28. The number of nitrogens with zero attached hydrogens (tertiary/aromatic N) is 4. The number of hydrogen-bond donors (Lipinski definition) is 0. The number of aryl methyl sites for hydroxylation is 2. The summed E-state index contributed by atoms with van der Waals surface area (Å²) in [4.78, 5) is 29.5. The molecule has 1 aliphatic carbocycles. The number of methoxy groups -OCH3 is 1. The molecule has 224 valence electrons. The fourth-order valence-electron chi connectivity index (χ4n) is 6.40. The van der Waals surface area contributed by atoms with Gasteiger partial charge in [0, 0.05) is 42.3 Å². The summed E-state index contributed by atoms with van der Waals surface area (Å²) in [5.74, 6) is 2.91. The van der Waals surface area contributed by atoms with E-state index in [1.54, 1.807) is 37.7 Å². The van der Waals surface area contributed by atoms with Gasteiger partial charge in [0.1, 0.15) is 28.5 Å². The van der Waals surface area contributed by atoms with E-state index in [2.05, 4.69) is 53.1 Å². The lowest BCUT2D eigenvalue weighted by Gasteiger charge is -2.37. The third-order valence-electron chi connectivity index (χ3n) is 8.94. The first kappa shape index (κ1) is 28.3. The van der Waals surface area contributed by atoms with E-state index in [1.165, 1.54) is 32.6 Å². The predicted molar refractivity (Wildman–Crippen MR) is 177 cm³/mol. The van der Waals surface area contributed by atoms with E-state index in [0.717, 1.165) is 61.8 Å². The van der Waals surface area contributed by atoms with Crippen LogP contribution in [0.3, 0.4) is 0 Å². The first-order chi connectivity index (χ1) is 21.6. The number of hydrogen-bond acceptors (Lipinski definition) is 8. The average molecular weight is 605 g/mol. The van der Waals surface area contributed by atoms with Crippen molar-refractivity contribution in [1.82, 2.24) is 9.97 Å². The van der Waals surface area contributed by atoms with Crippen LogP contribution in [0.2, 0.25) is 0 Å². The summed E-state index contributed by atoms with van der Waals surface area (Å²) in [6, 6.07) is 24.2. The molecule has 0 N–H and O–H groups in total. The molecule has 7 nitrogen and oxygen atoms in total. The predicted octanol–water partition coefficient (Wildman–Crippen LogP) is 6.87. The summed E-state index contributed by atoms with van der Waals surface area (Å²) in [6.45, 7) is 6.01. The summed E-state index contributed by atoms with van der Waals surface area (Å²) in [7, 11) is 1.61. The van der Waals surface area contributed by atoms with Crippen molar-refractivity contribution in [2.75, 3.05) is 49.7 Å². The van der Waals surface area contributed by atoms with Gasteiger partial charge in [-0.2, -0.15) is 0 Å². The second-order valence-electron chi connectivity index (χ2n) is 11.6. The number of anilines is 2. The summed E-state index contributed by atoms with van der Waals surface area (Å²) in [5.41, 5.74) is 5.95. The Balaban J connectivity index is 1.00. The molecule has 0 amide bonds. The lowest BCUT2D eigenvalue weighted by Crippen LogP contribution is -2.47. The van der Waals surface area contributed by atoms with Crippen LogP contribution in [0.15, 0.2) is 79.1 Å². The molecule has 3 aromatic carbocycles. The highest BCUT2D eigenvalue weighted by Crippen LogP contribution is 2.43. The minimum absolute atomic E-state index is 0.00458. The average Bonchev–Trinajstić information content (AvgIpc) is 3.46. The fraction of sp³-hybridized carbons (Fsp3) is 0.306. The van der Waals surface area contributed by atoms with Crippen LogP contribution in [0.4, 0.5) is 11.5 Å². The molecule has 5 aromatic rings. The van der Waals surface area contributed by atoms with Crippen molar-refractivity contribution >= 4 is 38.8 Å². The van der Waals surface area contributed by atoms with Gasteiger partial charge < -0.3 is 19.3 Å². The quantitative estimate of drug-likeness (QED) is 0.179. The molecule has 7 rings (SSSR count). The molecular weight excluding hydrogens is 568 g/mol. The summed E-state index contributed by atoms with van der Waals surface area (Å²) in [5, 5.41) is 1.26. The van der Waals surface area contributed by atoms with Crippen LogP contribution in [-0.4, -0.2) is 55.6 Å². The van der Waals surface area contributed by atoms with Crippen LogP contribution in [0.5, 0.6) is 11.5 Å². The van der Waals surface area contributed by atoms with Gasteiger partial charge in [-0.25, -0.2) is 9.97 Å². The lowest BCUT2D eigenvalue weighted by molar-refractivity contribution is 0.0921. The highest BCUT2D eigenvalue weighted by atomic mass is 32.1. The number of benzene rings is 3. The Morgan fingerprint density at radius 1 is 0.886 bits per heavy atom. The summed E-state index contributed by atoms with van der Waals surface area (Å²) in [6.07, 6.45) is 4.86. The van der Waals surface area contributed by atoms with Gasteiger partial charge in [0.25, 0.3) is 0 Å². The van der Waals surface area contributed by atoms with Crippen molar-refractivity contribution in [3.05, 3.63) is 106 Å². The number of fused-ring (bicyclic) bond motifs is 3. The Labute approximate surface area is 262 Å². The summed E-state index contributed by atoms with van der Waals surface area (Å²) < 4.78 is 11.0. The van der Waals surface area contributed by atoms with Crippen LogP contribution in [0.1, 0.15) is 44.3 Å². The normalized spacial score (nSPS) is 16.5. The van der Waals surface area contributed by atoms with Crippen molar-refractivity contribution in [2.45, 2.75) is 32.1 Å². The molecule has 2 aromatic heterocycles. The van der Waals surface area contributed by atoms with Gasteiger partial charge in [0.05, 0.1) is 12.5 Å². The van der Waals surface area contributed by atoms with Crippen LogP contribution in [0, 0.1) is 6.92 Å². The van der Waals surface area contributed by atoms with Crippen LogP contribution in [0.25, 0.3) is 10.2 Å². The van der Waals surface area contributed by atoms with Gasteiger partial charge in [0.15, 0.2) is 12.4 Å². The molecular formula is C36H36N4O3S. The third kappa shape index (κ3) is 5.74. The number of carbonyl (C=O) groups is 1. The second kappa shape index (κ2) is 12.3. The Morgan fingerprint density at radius 3 is 2.32 bits per heavy atom. The Kier molecular flexibility index (Phi) is 7.91. The second-order valence-corrected chi connectivity index (χ2v) is 12.7. The maximum atomic E-state index is 12.6. The number of rotatable bonds is 8. The van der Waals surface area contributed by atoms with Gasteiger partial charge in [-0.15, -0.1) is 11.3 Å². The first-order valence-corrected chi connectivity index (χ1v) is 16.1. The number of ketones is 1. The monoisotopic (exact) mass is 604 g/mol. The number of aromatic nitrogens is 2. The van der Waals surface area contributed by atoms with Crippen molar-refractivity contribution in [1.29, 1.82) is 0 Å². The van der Waals surface area contributed by atoms with Gasteiger partial charge in [-0.1, -0.05) is 29.8 Å². The number of Topliss-reactive ketones (excluding diaryl/α,β-unsaturated/α-hetero) is 1. The highest BCUT2D eigenvalue weighted by molar-refractivity contribution is 7.19. The SMILES string of the molecule is COc1ccc(C(=O)COc2ccc(C3CCc4c(sc5ncnc(N6CCN(c7ccc(C)cc7)CC6)c45)C3)cc2)cc1. The molecule has 44 heavy (non-hydrogen) atoms. The Morgan fingerprint density at radius 2 is 1.59 bits per heavy atom. The molecule has 2 aliphatic rings. The molecule has 0 spiro atoms. The fourth-order valence-corrected chi connectivity index (χ4v) is 7.66. The molecule has 3 heterocycles. The number of piperazine rings is 1. The zero-order valence-electron chi connectivity index (χ0n) is 25.2. The van der Waals surface area contributed by atoms with E-state index in [-0.39, 0.29) is 12.4 Å². The van der Waals surface area contributed by atoms with Crippen molar-refractivity contribution in [3.63, 3.8) is 0 Å². The molecule has 0 saturated carbocycles. The van der Waals surface area contributed by atoms with Gasteiger partial charge >= 0.3 is 0 Å². The number of ether oxygens (including phenoxy) is 2. The number of carbonyl (C=O) groups excluding carboxylic acids is 1. The largest absolute Gasteiger partial charge is 0.497 e. The molecule has 1 aliphatic heterocycles. The van der Waals surface area contributed by atoms with Crippen molar-refractivity contribution < 1.29 is 14.3 Å². The minimum atomic E-state index is -0.0584. The Hall–Kier alpha value is -4.43. The van der Waals surface area contributed by atoms with Crippen LogP contribution in [-0.2, 0) is 12.8 Å². The van der Waals surface area contributed by atoms with E-state index >= 15 is 0 Å². The van der Waals surface area contributed by atoms with Crippen LogP contribution >= 0.6 is 11.3 Å². The molecule has 1 atom stereocenters. The minimum Gasteiger partial charge on any atom is -0.497 e. The van der Waals surface area contributed by atoms with E-state index < -0.39 is 0 Å². The maximum absolute atomic E-state index is 12.6. The van der Waals surface area contributed by atoms with E-state index in [4.69, 9.17) is 19.4 Å². The smallest absolute Gasteiger partial charge is 0.200 e. The van der Waals surface area contributed by atoms with Crippen molar-refractivity contribution in [3.8, 4) is 11.5 Å². The van der Waals surface area contributed by atoms with E-state index in [0.29, 0.717) is 17.2 Å². The summed E-state index contributed by atoms with van der Waals surface area (Å²) >= 11 is 1.83. The topological polar surface area (TPSA) is 67.8 Å². The number of thiophene rings is 1. The van der Waals surface area contributed by atoms with E-state index in [1.807, 2.05) is 23.5 Å². The molecule has 0 bridgehead atoms. The maximum Gasteiger partial charge on any atom is 0.200 e. The van der Waals surface area contributed by atoms with Gasteiger partial charge in [-0.05, 0) is 91.8 Å². The lowest BCUT2D eigenvalue weighted by atomic mass is 9.83. The molecule has 8 heteroatoms. The standard InChI is InChI=1S/C36H36N4O3S/c1-24-3-10-28(11-4-24)39-17-19-40(20-18-39)35-34-31-16-9-27(21-33(31)44-36(34)38-23-37-35)25-5-14-30(15-6-25)43-22-32(41)26-7-12-29(42-2)13-8-26/h3-8,10-15,23,27H,9,16-22H2,1-2H3. The van der Waals surface area contributed by atoms with Gasteiger partial charge in [0.2, 0.25) is 0 Å². The molecule has 1 unspecified atom stereocenters. The van der Waals surface area contributed by atoms with E-state index in [9.17, 15) is 4.79 Å².